The van der Waals surface area contributed by atoms with E-state index in [0.29, 0.717) is 17.2 Å². The molecule has 32 heavy (non-hydrogen) atoms. The lowest BCUT2D eigenvalue weighted by atomic mass is 9.95. The van der Waals surface area contributed by atoms with Gasteiger partial charge in [0.15, 0.2) is 11.5 Å². The van der Waals surface area contributed by atoms with Gasteiger partial charge in [0.2, 0.25) is 5.75 Å². The molecular weight excluding hydrogens is 404 g/mol. The molecule has 1 saturated heterocycles. The van der Waals surface area contributed by atoms with Gasteiger partial charge >= 0.3 is 0 Å². The Morgan fingerprint density at radius 1 is 0.812 bits per heavy atom. The predicted molar refractivity (Wildman–Crippen MR) is 126 cm³/mol. The van der Waals surface area contributed by atoms with Gasteiger partial charge in [-0.15, -0.1) is 0 Å². The number of rotatable bonds is 7. The van der Waals surface area contributed by atoms with Gasteiger partial charge in [-0.1, -0.05) is 12.1 Å². The average Bonchev–Trinajstić information content (AvgIpc) is 2.84. The molecule has 6 heteroatoms. The lowest BCUT2D eigenvalue weighted by Gasteiger charge is -2.24. The van der Waals surface area contributed by atoms with Crippen LogP contribution in [0.3, 0.4) is 0 Å². The topological polar surface area (TPSA) is 61.8 Å². The Labute approximate surface area is 189 Å². The highest BCUT2D eigenvalue weighted by Crippen LogP contribution is 2.42. The van der Waals surface area contributed by atoms with Gasteiger partial charge < -0.3 is 24.3 Å². The van der Waals surface area contributed by atoms with E-state index in [1.165, 1.54) is 0 Å². The highest BCUT2D eigenvalue weighted by atomic mass is 16.5. The van der Waals surface area contributed by atoms with Crippen molar-refractivity contribution in [1.82, 2.24) is 10.3 Å². The van der Waals surface area contributed by atoms with Crippen molar-refractivity contribution in [2.45, 2.75) is 25.9 Å². The summed E-state index contributed by atoms with van der Waals surface area (Å²) in [4.78, 5) is 4.52. The van der Waals surface area contributed by atoms with Crippen molar-refractivity contribution in [2.24, 2.45) is 0 Å². The van der Waals surface area contributed by atoms with E-state index in [9.17, 15) is 0 Å². The number of piperidine rings is 1. The number of hydrogen-bond acceptors (Lipinski definition) is 6. The molecule has 0 saturated carbocycles. The van der Waals surface area contributed by atoms with Gasteiger partial charge in [-0.25, -0.2) is 0 Å². The minimum Gasteiger partial charge on any atom is -0.493 e. The summed E-state index contributed by atoms with van der Waals surface area (Å²) in [6.07, 6.45) is 6.14. The second-order valence-electron chi connectivity index (χ2n) is 7.87. The second kappa shape index (κ2) is 9.92. The van der Waals surface area contributed by atoms with E-state index in [2.05, 4.69) is 29.4 Å². The number of ether oxygens (including phenoxy) is 4. The van der Waals surface area contributed by atoms with E-state index in [1.54, 1.807) is 21.3 Å². The quantitative estimate of drug-likeness (QED) is 0.572. The van der Waals surface area contributed by atoms with Crippen molar-refractivity contribution in [3.63, 3.8) is 0 Å². The van der Waals surface area contributed by atoms with Gasteiger partial charge in [0, 0.05) is 23.5 Å². The van der Waals surface area contributed by atoms with Crippen molar-refractivity contribution >= 4 is 0 Å². The number of pyridine rings is 1. The highest BCUT2D eigenvalue weighted by Gasteiger charge is 2.17. The summed E-state index contributed by atoms with van der Waals surface area (Å²) in [5.41, 5.74) is 5.27. The minimum absolute atomic E-state index is 0.286. The van der Waals surface area contributed by atoms with Crippen molar-refractivity contribution in [2.75, 3.05) is 34.4 Å². The van der Waals surface area contributed by atoms with E-state index < -0.39 is 0 Å². The smallest absolute Gasteiger partial charge is 0.203 e. The number of hydrogen-bond donors (Lipinski definition) is 1. The number of nitrogens with one attached hydrogen (secondary N) is 1. The Bertz CT molecular complexity index is 1030. The van der Waals surface area contributed by atoms with Crippen LogP contribution in [0.25, 0.3) is 22.3 Å². The fraction of sp³-hybridized carbons (Fsp3) is 0.346. The summed E-state index contributed by atoms with van der Waals surface area (Å²) in [6.45, 7) is 4.14. The molecule has 0 unspecified atom stereocenters. The van der Waals surface area contributed by atoms with Gasteiger partial charge in [-0.05, 0) is 73.8 Å². The maximum absolute atomic E-state index is 6.15. The van der Waals surface area contributed by atoms with Crippen LogP contribution in [0.2, 0.25) is 0 Å². The molecule has 0 aliphatic carbocycles. The molecule has 1 aliphatic rings. The lowest BCUT2D eigenvalue weighted by molar-refractivity contribution is 0.162. The summed E-state index contributed by atoms with van der Waals surface area (Å²) in [6, 6.07) is 12.2. The largest absolute Gasteiger partial charge is 0.493 e. The van der Waals surface area contributed by atoms with Crippen LogP contribution in [-0.4, -0.2) is 45.5 Å². The number of methoxy groups -OCH3 is 3. The van der Waals surface area contributed by atoms with Crippen LogP contribution in [0.4, 0.5) is 0 Å². The molecule has 1 aliphatic heterocycles. The first-order chi connectivity index (χ1) is 15.6. The molecule has 1 N–H and O–H groups in total. The van der Waals surface area contributed by atoms with Gasteiger partial charge in [0.25, 0.3) is 0 Å². The molecule has 3 aromatic rings. The number of benzene rings is 2. The molecule has 4 rings (SSSR count). The molecule has 168 valence electrons. The summed E-state index contributed by atoms with van der Waals surface area (Å²) >= 11 is 0. The number of aromatic nitrogens is 1. The normalized spacial score (nSPS) is 14.1. The van der Waals surface area contributed by atoms with Gasteiger partial charge in [0.05, 0.1) is 21.3 Å². The first-order valence-electron chi connectivity index (χ1n) is 10.9. The van der Waals surface area contributed by atoms with Crippen LogP contribution in [0.1, 0.15) is 18.4 Å². The van der Waals surface area contributed by atoms with Crippen molar-refractivity contribution in [1.29, 1.82) is 0 Å². The van der Waals surface area contributed by atoms with Crippen LogP contribution in [0.5, 0.6) is 23.0 Å². The number of nitrogens with zero attached hydrogens (tertiary/aromatic N) is 1. The Hall–Kier alpha value is -3.25. The Morgan fingerprint density at radius 3 is 1.97 bits per heavy atom. The van der Waals surface area contributed by atoms with E-state index in [0.717, 1.165) is 59.5 Å². The Morgan fingerprint density at radius 2 is 1.41 bits per heavy atom. The van der Waals surface area contributed by atoms with E-state index in [-0.39, 0.29) is 6.10 Å². The van der Waals surface area contributed by atoms with E-state index in [1.807, 2.05) is 36.7 Å². The first kappa shape index (κ1) is 22.0. The maximum Gasteiger partial charge on any atom is 0.203 e. The zero-order chi connectivity index (χ0) is 22.5. The van der Waals surface area contributed by atoms with Crippen molar-refractivity contribution < 1.29 is 18.9 Å². The van der Waals surface area contributed by atoms with Crippen LogP contribution in [-0.2, 0) is 0 Å². The molecule has 0 radical (unpaired) electrons. The summed E-state index contributed by atoms with van der Waals surface area (Å²) in [5, 5.41) is 3.37. The van der Waals surface area contributed by atoms with Gasteiger partial charge in [-0.3, -0.25) is 4.98 Å². The van der Waals surface area contributed by atoms with Crippen LogP contribution >= 0.6 is 0 Å². The third kappa shape index (κ3) is 4.50. The molecule has 0 bridgehead atoms. The van der Waals surface area contributed by atoms with Crippen molar-refractivity contribution in [3.05, 3.63) is 54.4 Å². The molecule has 0 amide bonds. The molecule has 2 aromatic carbocycles. The molecule has 1 aromatic heterocycles. The predicted octanol–water partition coefficient (Wildman–Crippen LogP) is 4.88. The Kier molecular flexibility index (Phi) is 6.81. The van der Waals surface area contributed by atoms with Crippen LogP contribution in [0.15, 0.2) is 48.8 Å². The summed E-state index contributed by atoms with van der Waals surface area (Å²) in [7, 11) is 4.85. The SMILES string of the molecule is COc1cc(-c2cncc(-c3ccc(OC4CCNCC4)cc3)c2C)cc(OC)c1OC. The van der Waals surface area contributed by atoms with Gasteiger partial charge in [-0.2, -0.15) is 0 Å². The summed E-state index contributed by atoms with van der Waals surface area (Å²) in [5.74, 6) is 2.72. The third-order valence-electron chi connectivity index (χ3n) is 5.95. The fourth-order valence-corrected chi connectivity index (χ4v) is 4.16. The first-order valence-corrected chi connectivity index (χ1v) is 10.9. The molecule has 1 fully saturated rings. The van der Waals surface area contributed by atoms with E-state index >= 15 is 0 Å². The molecule has 2 heterocycles. The van der Waals surface area contributed by atoms with Crippen molar-refractivity contribution in [3.8, 4) is 45.3 Å². The zero-order valence-electron chi connectivity index (χ0n) is 19.1. The summed E-state index contributed by atoms with van der Waals surface area (Å²) < 4.78 is 22.7. The van der Waals surface area contributed by atoms with Crippen LogP contribution < -0.4 is 24.3 Å². The standard InChI is InChI=1S/C26H30N2O4/c1-17-22(18-5-7-20(8-6-18)32-21-9-11-27-12-10-21)15-28-16-23(17)19-13-24(29-2)26(31-4)25(14-19)30-3/h5-8,13-16,21,27H,9-12H2,1-4H3. The van der Waals surface area contributed by atoms with Crippen LogP contribution in [0, 0.1) is 6.92 Å². The monoisotopic (exact) mass is 434 g/mol. The molecule has 0 atom stereocenters. The van der Waals surface area contributed by atoms with Gasteiger partial charge in [0.1, 0.15) is 11.9 Å². The lowest BCUT2D eigenvalue weighted by Crippen LogP contribution is -2.34. The molecule has 6 nitrogen and oxygen atoms in total. The average molecular weight is 435 g/mol. The molecule has 0 spiro atoms. The highest BCUT2D eigenvalue weighted by molar-refractivity contribution is 5.79. The second-order valence-corrected chi connectivity index (χ2v) is 7.87. The minimum atomic E-state index is 0.286. The molecular formula is C26H30N2O4. The van der Waals surface area contributed by atoms with E-state index in [4.69, 9.17) is 18.9 Å². The fourth-order valence-electron chi connectivity index (χ4n) is 4.16. The zero-order valence-corrected chi connectivity index (χ0v) is 19.1. The Balaban J connectivity index is 1.64. The maximum atomic E-state index is 6.15. The third-order valence-corrected chi connectivity index (χ3v) is 5.95.